The molecule has 1 aromatic carbocycles. The van der Waals surface area contributed by atoms with Crippen molar-refractivity contribution in [2.24, 2.45) is 0 Å². The lowest BCUT2D eigenvalue weighted by molar-refractivity contribution is 0.750. The first kappa shape index (κ1) is 15.0. The SMILES string of the molecule is CCc1c(S)c(S)c2[nH]c(S)c(C3CCNC3)c2c1S. The van der Waals surface area contributed by atoms with Gasteiger partial charge in [-0.15, -0.1) is 50.5 Å². The van der Waals surface area contributed by atoms with Crippen LogP contribution in [0.1, 0.15) is 30.4 Å². The molecule has 0 amide bonds. The first-order valence-corrected chi connectivity index (χ1v) is 8.56. The van der Waals surface area contributed by atoms with Crippen LogP contribution in [0.25, 0.3) is 10.9 Å². The molecule has 1 atom stereocenters. The fraction of sp³-hybridized carbons (Fsp3) is 0.429. The van der Waals surface area contributed by atoms with Gasteiger partial charge in [-0.2, -0.15) is 0 Å². The van der Waals surface area contributed by atoms with E-state index >= 15 is 0 Å². The van der Waals surface area contributed by atoms with Crippen LogP contribution in [0.15, 0.2) is 19.7 Å². The summed E-state index contributed by atoms with van der Waals surface area (Å²) in [5, 5.41) is 5.52. The molecule has 1 aliphatic rings. The van der Waals surface area contributed by atoms with Gasteiger partial charge in [0.2, 0.25) is 0 Å². The number of fused-ring (bicyclic) bond motifs is 1. The van der Waals surface area contributed by atoms with Crippen LogP contribution in [0, 0.1) is 0 Å². The van der Waals surface area contributed by atoms with Crippen molar-refractivity contribution in [3.8, 4) is 0 Å². The van der Waals surface area contributed by atoms with Gasteiger partial charge in [0.05, 0.1) is 10.5 Å². The zero-order valence-corrected chi connectivity index (χ0v) is 14.8. The zero-order valence-electron chi connectivity index (χ0n) is 11.2. The lowest BCUT2D eigenvalue weighted by atomic mass is 9.96. The van der Waals surface area contributed by atoms with Crippen LogP contribution in [0.3, 0.4) is 0 Å². The molecule has 0 saturated carbocycles. The number of H-pyrrole nitrogens is 1. The summed E-state index contributed by atoms with van der Waals surface area (Å²) in [6.07, 6.45) is 2.04. The molecule has 1 fully saturated rings. The molecule has 3 rings (SSSR count). The summed E-state index contributed by atoms with van der Waals surface area (Å²) in [6, 6.07) is 0. The molecular weight excluding hydrogens is 324 g/mol. The van der Waals surface area contributed by atoms with Crippen molar-refractivity contribution in [2.45, 2.75) is 45.4 Å². The predicted molar refractivity (Wildman–Crippen MR) is 96.9 cm³/mol. The maximum Gasteiger partial charge on any atom is 0.0738 e. The summed E-state index contributed by atoms with van der Waals surface area (Å²) in [6.45, 7) is 4.18. The van der Waals surface area contributed by atoms with E-state index in [0.717, 1.165) is 56.7 Å². The molecule has 20 heavy (non-hydrogen) atoms. The minimum absolute atomic E-state index is 0.491. The third kappa shape index (κ3) is 2.20. The molecule has 1 saturated heterocycles. The van der Waals surface area contributed by atoms with Gasteiger partial charge in [-0.3, -0.25) is 0 Å². The Kier molecular flexibility index (Phi) is 4.30. The summed E-state index contributed by atoms with van der Waals surface area (Å²) in [5.74, 6) is 0.491. The number of nitrogens with one attached hydrogen (secondary N) is 2. The summed E-state index contributed by atoms with van der Waals surface area (Å²) in [7, 11) is 0. The number of aromatic amines is 1. The summed E-state index contributed by atoms with van der Waals surface area (Å²) >= 11 is 18.7. The molecule has 1 aromatic heterocycles. The van der Waals surface area contributed by atoms with Crippen LogP contribution in [-0.4, -0.2) is 18.1 Å². The molecule has 0 aliphatic carbocycles. The Morgan fingerprint density at radius 2 is 1.85 bits per heavy atom. The minimum atomic E-state index is 0.491. The van der Waals surface area contributed by atoms with Gasteiger partial charge in [0.15, 0.2) is 0 Å². The van der Waals surface area contributed by atoms with E-state index < -0.39 is 0 Å². The Morgan fingerprint density at radius 1 is 1.10 bits per heavy atom. The fourth-order valence-corrected chi connectivity index (χ4v) is 4.76. The van der Waals surface area contributed by atoms with E-state index in [9.17, 15) is 0 Å². The van der Waals surface area contributed by atoms with Gasteiger partial charge in [0, 0.05) is 32.5 Å². The fourth-order valence-electron chi connectivity index (χ4n) is 3.08. The van der Waals surface area contributed by atoms with Gasteiger partial charge >= 0.3 is 0 Å². The molecule has 108 valence electrons. The molecule has 1 unspecified atom stereocenters. The Morgan fingerprint density at radius 3 is 2.45 bits per heavy atom. The van der Waals surface area contributed by atoms with E-state index in [0.29, 0.717) is 5.92 Å². The van der Waals surface area contributed by atoms with Crippen molar-refractivity contribution in [1.29, 1.82) is 0 Å². The summed E-state index contributed by atoms with van der Waals surface area (Å²) in [5.41, 5.74) is 3.44. The van der Waals surface area contributed by atoms with Gasteiger partial charge < -0.3 is 10.3 Å². The monoisotopic (exact) mass is 342 g/mol. The van der Waals surface area contributed by atoms with Crippen LogP contribution < -0.4 is 5.32 Å². The van der Waals surface area contributed by atoms with Crippen LogP contribution in [-0.2, 0) is 6.42 Å². The van der Waals surface area contributed by atoms with E-state index in [-0.39, 0.29) is 0 Å². The van der Waals surface area contributed by atoms with Crippen LogP contribution in [0.2, 0.25) is 0 Å². The third-order valence-corrected chi connectivity index (χ3v) is 6.07. The number of hydrogen-bond donors (Lipinski definition) is 6. The van der Waals surface area contributed by atoms with E-state index in [4.69, 9.17) is 12.6 Å². The van der Waals surface area contributed by atoms with Gasteiger partial charge in [0.1, 0.15) is 0 Å². The molecule has 6 heteroatoms. The van der Waals surface area contributed by atoms with Crippen molar-refractivity contribution in [3.05, 3.63) is 11.1 Å². The van der Waals surface area contributed by atoms with Crippen LogP contribution >= 0.6 is 50.5 Å². The molecule has 2 nitrogen and oxygen atoms in total. The molecule has 0 radical (unpaired) electrons. The molecule has 2 heterocycles. The Balaban J connectivity index is 2.36. The standard InChI is InChI=1S/C14H18N2S4/c1-2-7-11(17)9-8(6-3-4-15-5-6)14(20)16-10(9)13(19)12(7)18/h6,15-20H,2-5H2,1H3. The van der Waals surface area contributed by atoms with Crippen LogP contribution in [0.5, 0.6) is 0 Å². The molecule has 2 aromatic rings. The quantitative estimate of drug-likeness (QED) is 0.458. The second kappa shape index (κ2) is 5.72. The van der Waals surface area contributed by atoms with E-state index in [1.165, 1.54) is 10.9 Å². The Labute approximate surface area is 141 Å². The number of thiol groups is 4. The molecule has 2 N–H and O–H groups in total. The van der Waals surface area contributed by atoms with Crippen molar-refractivity contribution in [2.75, 3.05) is 13.1 Å². The van der Waals surface area contributed by atoms with E-state index in [1.807, 2.05) is 0 Å². The van der Waals surface area contributed by atoms with Crippen molar-refractivity contribution in [1.82, 2.24) is 10.3 Å². The largest absolute Gasteiger partial charge is 0.349 e. The first-order valence-electron chi connectivity index (χ1n) is 6.77. The van der Waals surface area contributed by atoms with Crippen molar-refractivity contribution in [3.63, 3.8) is 0 Å². The Bertz CT molecular complexity index is 672. The lowest BCUT2D eigenvalue weighted by Crippen LogP contribution is -2.08. The second-order valence-corrected chi connectivity index (χ2v) is 6.99. The highest BCUT2D eigenvalue weighted by atomic mass is 32.1. The highest BCUT2D eigenvalue weighted by Gasteiger charge is 2.26. The normalized spacial score (nSPS) is 19.1. The number of rotatable bonds is 2. The first-order chi connectivity index (χ1) is 9.56. The van der Waals surface area contributed by atoms with Crippen LogP contribution in [0.4, 0.5) is 0 Å². The summed E-state index contributed by atoms with van der Waals surface area (Å²) in [4.78, 5) is 6.19. The van der Waals surface area contributed by atoms with Gasteiger partial charge in [0.25, 0.3) is 0 Å². The molecule has 1 aliphatic heterocycles. The van der Waals surface area contributed by atoms with Gasteiger partial charge in [-0.1, -0.05) is 6.92 Å². The molecule has 0 bridgehead atoms. The van der Waals surface area contributed by atoms with Gasteiger partial charge in [-0.25, -0.2) is 0 Å². The number of benzene rings is 1. The predicted octanol–water partition coefficient (Wildman–Crippen LogP) is 3.96. The number of aromatic nitrogens is 1. The van der Waals surface area contributed by atoms with Crippen molar-refractivity contribution < 1.29 is 0 Å². The average molecular weight is 343 g/mol. The number of hydrogen-bond acceptors (Lipinski definition) is 5. The topological polar surface area (TPSA) is 27.8 Å². The average Bonchev–Trinajstić information content (AvgIpc) is 3.03. The minimum Gasteiger partial charge on any atom is -0.349 e. The maximum absolute atomic E-state index is 4.78. The zero-order chi connectivity index (χ0) is 14.4. The molecular formula is C14H18N2S4. The highest BCUT2D eigenvalue weighted by molar-refractivity contribution is 7.84. The molecule has 0 spiro atoms. The maximum atomic E-state index is 4.78. The van der Waals surface area contributed by atoms with E-state index in [2.05, 4.69) is 55.1 Å². The smallest absolute Gasteiger partial charge is 0.0738 e. The van der Waals surface area contributed by atoms with E-state index in [1.54, 1.807) is 0 Å². The highest BCUT2D eigenvalue weighted by Crippen LogP contribution is 2.44. The third-order valence-electron chi connectivity index (χ3n) is 4.11. The summed E-state index contributed by atoms with van der Waals surface area (Å²) < 4.78 is 0. The Hall–Kier alpha value is 0.120. The lowest BCUT2D eigenvalue weighted by Gasteiger charge is -2.14. The van der Waals surface area contributed by atoms with Crippen molar-refractivity contribution >= 4 is 61.4 Å². The second-order valence-electron chi connectivity index (χ2n) is 5.20. The van der Waals surface area contributed by atoms with Gasteiger partial charge in [-0.05, 0) is 30.5 Å².